The predicted molar refractivity (Wildman–Crippen MR) is 65.0 cm³/mol. The van der Waals surface area contributed by atoms with Gasteiger partial charge in [0.15, 0.2) is 5.22 Å². The van der Waals surface area contributed by atoms with Crippen molar-refractivity contribution in [2.24, 2.45) is 0 Å². The van der Waals surface area contributed by atoms with Gasteiger partial charge in [-0.25, -0.2) is 0 Å². The first-order chi connectivity index (χ1) is 7.66. The Bertz CT molecular complexity index is 481. The van der Waals surface area contributed by atoms with E-state index in [-0.39, 0.29) is 5.38 Å². The number of halogens is 2. The second kappa shape index (κ2) is 4.89. The van der Waals surface area contributed by atoms with E-state index in [1.165, 1.54) is 0 Å². The Kier molecular flexibility index (Phi) is 3.52. The Morgan fingerprint density at radius 3 is 2.81 bits per heavy atom. The summed E-state index contributed by atoms with van der Waals surface area (Å²) < 4.78 is 5.26. The van der Waals surface area contributed by atoms with Crippen LogP contribution in [0.5, 0.6) is 0 Å². The van der Waals surface area contributed by atoms with Gasteiger partial charge in [0, 0.05) is 18.3 Å². The van der Waals surface area contributed by atoms with Gasteiger partial charge in [-0.3, -0.25) is 4.98 Å². The molecule has 0 saturated carbocycles. The molecule has 1 atom stereocenters. The lowest BCUT2D eigenvalue weighted by molar-refractivity contribution is 0.503. The van der Waals surface area contributed by atoms with Gasteiger partial charge in [0.2, 0.25) is 0 Å². The molecule has 0 spiro atoms. The van der Waals surface area contributed by atoms with Crippen LogP contribution in [-0.2, 0) is 6.42 Å². The first-order valence-electron chi connectivity index (χ1n) is 4.96. The molecule has 2 rings (SSSR count). The highest BCUT2D eigenvalue weighted by Gasteiger charge is 2.14. The lowest BCUT2D eigenvalue weighted by atomic mass is 10.1. The molecular weight excluding hydrogens is 245 g/mol. The number of furan rings is 1. The van der Waals surface area contributed by atoms with E-state index in [2.05, 4.69) is 4.98 Å². The quantitative estimate of drug-likeness (QED) is 0.770. The molecule has 0 N–H and O–H groups in total. The number of aromatic nitrogens is 1. The molecule has 1 unspecified atom stereocenters. The summed E-state index contributed by atoms with van der Waals surface area (Å²) in [6.45, 7) is 2.01. The summed E-state index contributed by atoms with van der Waals surface area (Å²) in [6, 6.07) is 7.41. The van der Waals surface area contributed by atoms with Crippen molar-refractivity contribution in [2.45, 2.75) is 18.7 Å². The summed E-state index contributed by atoms with van der Waals surface area (Å²) in [5, 5.41) is 0.125. The third-order valence-corrected chi connectivity index (χ3v) is 2.97. The van der Waals surface area contributed by atoms with Crippen LogP contribution in [-0.4, -0.2) is 4.98 Å². The van der Waals surface area contributed by atoms with Gasteiger partial charge in [-0.1, -0.05) is 6.07 Å². The average molecular weight is 256 g/mol. The molecule has 2 aromatic heterocycles. The second-order valence-electron chi connectivity index (χ2n) is 3.58. The van der Waals surface area contributed by atoms with Crippen molar-refractivity contribution in [3.05, 3.63) is 52.7 Å². The number of rotatable bonds is 3. The smallest absolute Gasteiger partial charge is 0.193 e. The molecule has 0 aliphatic heterocycles. The van der Waals surface area contributed by atoms with E-state index in [1.807, 2.05) is 19.1 Å². The topological polar surface area (TPSA) is 26.0 Å². The maximum absolute atomic E-state index is 6.23. The second-order valence-corrected chi connectivity index (χ2v) is 4.48. The van der Waals surface area contributed by atoms with Crippen molar-refractivity contribution in [1.82, 2.24) is 4.98 Å². The SMILES string of the molecule is Cc1cccnc1CC(Cl)c1ccc(Cl)o1. The van der Waals surface area contributed by atoms with Gasteiger partial charge in [-0.2, -0.15) is 0 Å². The maximum atomic E-state index is 6.23. The third kappa shape index (κ3) is 2.57. The highest BCUT2D eigenvalue weighted by atomic mass is 35.5. The number of hydrogen-bond acceptors (Lipinski definition) is 2. The summed E-state index contributed by atoms with van der Waals surface area (Å²) in [4.78, 5) is 4.29. The molecular formula is C12H11Cl2NO. The normalized spacial score (nSPS) is 12.7. The van der Waals surface area contributed by atoms with E-state index < -0.39 is 0 Å². The molecule has 0 aliphatic rings. The Labute approximate surface area is 104 Å². The zero-order valence-corrected chi connectivity index (χ0v) is 10.3. The van der Waals surface area contributed by atoms with Gasteiger partial charge in [0.25, 0.3) is 0 Å². The Morgan fingerprint density at radius 1 is 1.38 bits per heavy atom. The number of alkyl halides is 1. The molecule has 84 valence electrons. The Morgan fingerprint density at radius 2 is 2.19 bits per heavy atom. The lowest BCUT2D eigenvalue weighted by Gasteiger charge is -2.07. The van der Waals surface area contributed by atoms with Crippen molar-refractivity contribution in [1.29, 1.82) is 0 Å². The molecule has 2 nitrogen and oxygen atoms in total. The van der Waals surface area contributed by atoms with Crippen LogP contribution in [0.15, 0.2) is 34.9 Å². The highest BCUT2D eigenvalue weighted by Crippen LogP contribution is 2.28. The number of hydrogen-bond donors (Lipinski definition) is 0. The molecule has 0 aliphatic carbocycles. The van der Waals surface area contributed by atoms with Crippen molar-refractivity contribution < 1.29 is 4.42 Å². The van der Waals surface area contributed by atoms with Gasteiger partial charge < -0.3 is 4.42 Å². The molecule has 2 heterocycles. The molecule has 0 fully saturated rings. The van der Waals surface area contributed by atoms with E-state index in [0.29, 0.717) is 17.4 Å². The Hall–Kier alpha value is -0.990. The molecule has 2 aromatic rings. The van der Waals surface area contributed by atoms with Crippen LogP contribution in [0.1, 0.15) is 22.4 Å². The lowest BCUT2D eigenvalue weighted by Crippen LogP contribution is -1.99. The van der Waals surface area contributed by atoms with Crippen LogP contribution in [0.2, 0.25) is 5.22 Å². The molecule has 0 bridgehead atoms. The van der Waals surface area contributed by atoms with Crippen molar-refractivity contribution >= 4 is 23.2 Å². The van der Waals surface area contributed by atoms with Gasteiger partial charge in [-0.05, 0) is 42.3 Å². The van der Waals surface area contributed by atoms with E-state index in [9.17, 15) is 0 Å². The summed E-state index contributed by atoms with van der Waals surface area (Å²) in [5.41, 5.74) is 2.11. The summed E-state index contributed by atoms with van der Waals surface area (Å²) in [6.07, 6.45) is 2.40. The number of aryl methyl sites for hydroxylation is 1. The van der Waals surface area contributed by atoms with Gasteiger partial charge >= 0.3 is 0 Å². The van der Waals surface area contributed by atoms with E-state index in [0.717, 1.165) is 11.3 Å². The van der Waals surface area contributed by atoms with E-state index in [1.54, 1.807) is 18.3 Å². The molecule has 0 radical (unpaired) electrons. The van der Waals surface area contributed by atoms with Crippen LogP contribution in [0.25, 0.3) is 0 Å². The molecule has 0 aromatic carbocycles. The van der Waals surface area contributed by atoms with Gasteiger partial charge in [0.05, 0.1) is 5.38 Å². The number of pyridine rings is 1. The minimum absolute atomic E-state index is 0.235. The van der Waals surface area contributed by atoms with E-state index >= 15 is 0 Å². The van der Waals surface area contributed by atoms with Crippen LogP contribution < -0.4 is 0 Å². The first kappa shape index (κ1) is 11.5. The minimum Gasteiger partial charge on any atom is -0.448 e. The van der Waals surface area contributed by atoms with Crippen LogP contribution in [0, 0.1) is 6.92 Å². The van der Waals surface area contributed by atoms with Crippen molar-refractivity contribution in [3.63, 3.8) is 0 Å². The molecule has 16 heavy (non-hydrogen) atoms. The van der Waals surface area contributed by atoms with Crippen molar-refractivity contribution in [3.8, 4) is 0 Å². The van der Waals surface area contributed by atoms with E-state index in [4.69, 9.17) is 27.6 Å². The Balaban J connectivity index is 2.13. The summed E-state index contributed by atoms with van der Waals surface area (Å²) in [7, 11) is 0. The fourth-order valence-electron chi connectivity index (χ4n) is 1.50. The molecule has 0 saturated heterocycles. The standard InChI is InChI=1S/C12H11Cl2NO/c1-8-3-2-6-15-10(8)7-9(13)11-4-5-12(14)16-11/h2-6,9H,7H2,1H3. The van der Waals surface area contributed by atoms with Crippen LogP contribution >= 0.6 is 23.2 Å². The average Bonchev–Trinajstić information content (AvgIpc) is 2.68. The van der Waals surface area contributed by atoms with Crippen LogP contribution in [0.4, 0.5) is 0 Å². The van der Waals surface area contributed by atoms with Crippen LogP contribution in [0.3, 0.4) is 0 Å². The summed E-state index contributed by atoms with van der Waals surface area (Å²) in [5.74, 6) is 0.678. The summed E-state index contributed by atoms with van der Waals surface area (Å²) >= 11 is 11.9. The highest BCUT2D eigenvalue weighted by molar-refractivity contribution is 6.29. The van der Waals surface area contributed by atoms with Gasteiger partial charge in [0.1, 0.15) is 5.76 Å². The fraction of sp³-hybridized carbons (Fsp3) is 0.250. The molecule has 0 amide bonds. The third-order valence-electron chi connectivity index (χ3n) is 2.39. The number of nitrogens with zero attached hydrogens (tertiary/aromatic N) is 1. The predicted octanol–water partition coefficient (Wildman–Crippen LogP) is 4.16. The zero-order chi connectivity index (χ0) is 11.5. The molecule has 4 heteroatoms. The monoisotopic (exact) mass is 255 g/mol. The van der Waals surface area contributed by atoms with Gasteiger partial charge in [-0.15, -0.1) is 11.6 Å². The zero-order valence-electron chi connectivity index (χ0n) is 8.78. The minimum atomic E-state index is -0.235. The fourth-order valence-corrected chi connectivity index (χ4v) is 1.91. The first-order valence-corrected chi connectivity index (χ1v) is 5.78. The largest absolute Gasteiger partial charge is 0.448 e. The maximum Gasteiger partial charge on any atom is 0.193 e. The van der Waals surface area contributed by atoms with Crippen molar-refractivity contribution in [2.75, 3.05) is 0 Å².